The van der Waals surface area contributed by atoms with Gasteiger partial charge in [-0.2, -0.15) is 0 Å². The second-order valence-electron chi connectivity index (χ2n) is 2.40. The summed E-state index contributed by atoms with van der Waals surface area (Å²) in [6, 6.07) is -0.174. The number of aliphatic hydroxyl groups excluding tert-OH is 1. The van der Waals surface area contributed by atoms with Gasteiger partial charge in [0, 0.05) is 6.61 Å². The molecular formula is C6H13NO2. The van der Waals surface area contributed by atoms with Crippen LogP contribution in [0.25, 0.3) is 0 Å². The number of hydrogen-bond acceptors (Lipinski definition) is 3. The Bertz CT molecular complexity index is 81.1. The lowest BCUT2D eigenvalue weighted by molar-refractivity contribution is 0.0693. The summed E-state index contributed by atoms with van der Waals surface area (Å²) in [6.07, 6.45) is 2.19. The Kier molecular flexibility index (Phi) is 2.45. The molecule has 0 spiro atoms. The summed E-state index contributed by atoms with van der Waals surface area (Å²) < 4.78 is 5.22. The van der Waals surface area contributed by atoms with E-state index in [0.29, 0.717) is 0 Å². The average molecular weight is 131 g/mol. The van der Waals surface area contributed by atoms with Crippen molar-refractivity contribution < 1.29 is 9.84 Å². The van der Waals surface area contributed by atoms with Crippen LogP contribution < -0.4 is 5.73 Å². The Morgan fingerprint density at radius 3 is 3.00 bits per heavy atom. The molecule has 0 aromatic rings. The van der Waals surface area contributed by atoms with Gasteiger partial charge < -0.3 is 15.6 Å². The first kappa shape index (κ1) is 6.99. The molecule has 3 heteroatoms. The van der Waals surface area contributed by atoms with Crippen molar-refractivity contribution in [2.45, 2.75) is 25.0 Å². The van der Waals surface area contributed by atoms with E-state index in [-0.39, 0.29) is 18.8 Å². The van der Waals surface area contributed by atoms with Gasteiger partial charge in [-0.3, -0.25) is 0 Å². The summed E-state index contributed by atoms with van der Waals surface area (Å²) in [5.41, 5.74) is 5.50. The van der Waals surface area contributed by atoms with Crippen LogP contribution >= 0.6 is 0 Å². The number of nitrogens with two attached hydrogens (primary N) is 1. The van der Waals surface area contributed by atoms with Crippen molar-refractivity contribution in [3.05, 3.63) is 0 Å². The molecule has 0 radical (unpaired) electrons. The van der Waals surface area contributed by atoms with E-state index in [1.165, 1.54) is 0 Å². The summed E-state index contributed by atoms with van der Waals surface area (Å²) in [5.74, 6) is 0. The minimum Gasteiger partial charge on any atom is -0.395 e. The second kappa shape index (κ2) is 3.15. The SMILES string of the molecule is N[C@@H](CO)C1CCCO1. The quantitative estimate of drug-likeness (QED) is 0.530. The molecule has 1 aliphatic heterocycles. The van der Waals surface area contributed by atoms with E-state index in [0.717, 1.165) is 19.4 Å². The van der Waals surface area contributed by atoms with Gasteiger partial charge in [-0.05, 0) is 12.8 Å². The fourth-order valence-corrected chi connectivity index (χ4v) is 1.06. The third kappa shape index (κ3) is 1.64. The molecule has 3 nitrogen and oxygen atoms in total. The van der Waals surface area contributed by atoms with Crippen LogP contribution in [0, 0.1) is 0 Å². The molecule has 1 rings (SSSR count). The summed E-state index contributed by atoms with van der Waals surface area (Å²) in [4.78, 5) is 0. The van der Waals surface area contributed by atoms with E-state index in [9.17, 15) is 0 Å². The van der Waals surface area contributed by atoms with Crippen LogP contribution in [0.15, 0.2) is 0 Å². The maximum absolute atomic E-state index is 8.59. The van der Waals surface area contributed by atoms with Gasteiger partial charge in [0.15, 0.2) is 0 Å². The highest BCUT2D eigenvalue weighted by Gasteiger charge is 2.21. The third-order valence-electron chi connectivity index (χ3n) is 1.65. The van der Waals surface area contributed by atoms with Gasteiger partial charge in [0.2, 0.25) is 0 Å². The lowest BCUT2D eigenvalue weighted by Crippen LogP contribution is -2.37. The van der Waals surface area contributed by atoms with Crippen LogP contribution in [0.1, 0.15) is 12.8 Å². The van der Waals surface area contributed by atoms with E-state index in [2.05, 4.69) is 0 Å². The zero-order valence-corrected chi connectivity index (χ0v) is 5.42. The maximum atomic E-state index is 8.59. The molecule has 0 aliphatic carbocycles. The maximum Gasteiger partial charge on any atom is 0.0749 e. The molecule has 54 valence electrons. The number of rotatable bonds is 2. The summed E-state index contributed by atoms with van der Waals surface area (Å²) in [6.45, 7) is 0.836. The minimum absolute atomic E-state index is 0.0324. The molecule has 0 amide bonds. The molecule has 0 aromatic heterocycles. The van der Waals surface area contributed by atoms with Gasteiger partial charge in [0.05, 0.1) is 18.8 Å². The molecule has 1 saturated heterocycles. The van der Waals surface area contributed by atoms with Gasteiger partial charge >= 0.3 is 0 Å². The van der Waals surface area contributed by atoms with Crippen LogP contribution in [0.5, 0.6) is 0 Å². The lowest BCUT2D eigenvalue weighted by Gasteiger charge is -2.14. The Hall–Kier alpha value is -0.120. The monoisotopic (exact) mass is 131 g/mol. The molecule has 1 aliphatic rings. The fourth-order valence-electron chi connectivity index (χ4n) is 1.06. The Labute approximate surface area is 54.8 Å². The van der Waals surface area contributed by atoms with Crippen molar-refractivity contribution in [3.8, 4) is 0 Å². The van der Waals surface area contributed by atoms with E-state index in [1.807, 2.05) is 0 Å². The largest absolute Gasteiger partial charge is 0.395 e. The first-order chi connectivity index (χ1) is 4.34. The molecule has 1 fully saturated rings. The van der Waals surface area contributed by atoms with Crippen molar-refractivity contribution >= 4 is 0 Å². The third-order valence-corrected chi connectivity index (χ3v) is 1.65. The van der Waals surface area contributed by atoms with Gasteiger partial charge in [0.25, 0.3) is 0 Å². The van der Waals surface area contributed by atoms with Crippen molar-refractivity contribution in [3.63, 3.8) is 0 Å². The van der Waals surface area contributed by atoms with Crippen molar-refractivity contribution in [2.24, 2.45) is 5.73 Å². The van der Waals surface area contributed by atoms with Crippen LogP contribution in [0.3, 0.4) is 0 Å². The fraction of sp³-hybridized carbons (Fsp3) is 1.00. The predicted molar refractivity (Wildman–Crippen MR) is 34.0 cm³/mol. The molecule has 9 heavy (non-hydrogen) atoms. The predicted octanol–water partition coefficient (Wildman–Crippen LogP) is -0.515. The molecule has 1 unspecified atom stereocenters. The Morgan fingerprint density at radius 2 is 2.56 bits per heavy atom. The molecule has 0 aromatic carbocycles. The summed E-state index contributed by atoms with van der Waals surface area (Å²) in [7, 11) is 0. The minimum atomic E-state index is -0.174. The zero-order valence-electron chi connectivity index (χ0n) is 5.42. The van der Waals surface area contributed by atoms with E-state index in [1.54, 1.807) is 0 Å². The number of hydrogen-bond donors (Lipinski definition) is 2. The van der Waals surface area contributed by atoms with Crippen molar-refractivity contribution in [2.75, 3.05) is 13.2 Å². The van der Waals surface area contributed by atoms with Gasteiger partial charge in [0.1, 0.15) is 0 Å². The average Bonchev–Trinajstić information content (AvgIpc) is 2.37. The molecule has 3 N–H and O–H groups in total. The zero-order chi connectivity index (χ0) is 6.69. The second-order valence-corrected chi connectivity index (χ2v) is 2.40. The van der Waals surface area contributed by atoms with Crippen LogP contribution in [0.2, 0.25) is 0 Å². The summed E-state index contributed by atoms with van der Waals surface area (Å²) >= 11 is 0. The highest BCUT2D eigenvalue weighted by atomic mass is 16.5. The van der Waals surface area contributed by atoms with E-state index in [4.69, 9.17) is 15.6 Å². The van der Waals surface area contributed by atoms with Gasteiger partial charge in [-0.25, -0.2) is 0 Å². The standard InChI is InChI=1S/C6H13NO2/c7-5(4-8)6-2-1-3-9-6/h5-6,8H,1-4,7H2/t5-,6?/m0/s1. The Morgan fingerprint density at radius 1 is 1.78 bits per heavy atom. The molecule has 1 heterocycles. The highest BCUT2D eigenvalue weighted by molar-refractivity contribution is 4.75. The lowest BCUT2D eigenvalue weighted by atomic mass is 10.1. The molecular weight excluding hydrogens is 118 g/mol. The van der Waals surface area contributed by atoms with Gasteiger partial charge in [-0.1, -0.05) is 0 Å². The highest BCUT2D eigenvalue weighted by Crippen LogP contribution is 2.13. The van der Waals surface area contributed by atoms with Crippen LogP contribution in [-0.2, 0) is 4.74 Å². The van der Waals surface area contributed by atoms with Crippen molar-refractivity contribution in [1.82, 2.24) is 0 Å². The van der Waals surface area contributed by atoms with E-state index >= 15 is 0 Å². The van der Waals surface area contributed by atoms with E-state index < -0.39 is 0 Å². The Balaban J connectivity index is 2.24. The summed E-state index contributed by atoms with van der Waals surface area (Å²) in [5, 5.41) is 8.59. The molecule has 0 saturated carbocycles. The first-order valence-electron chi connectivity index (χ1n) is 3.32. The normalized spacial score (nSPS) is 30.7. The van der Waals surface area contributed by atoms with Crippen LogP contribution in [-0.4, -0.2) is 30.5 Å². The van der Waals surface area contributed by atoms with Crippen LogP contribution in [0.4, 0.5) is 0 Å². The number of ether oxygens (including phenoxy) is 1. The van der Waals surface area contributed by atoms with Gasteiger partial charge in [-0.15, -0.1) is 0 Å². The first-order valence-corrected chi connectivity index (χ1v) is 3.32. The smallest absolute Gasteiger partial charge is 0.0749 e. The topological polar surface area (TPSA) is 55.5 Å². The van der Waals surface area contributed by atoms with Crippen molar-refractivity contribution in [1.29, 1.82) is 0 Å². The molecule has 0 bridgehead atoms. The number of aliphatic hydroxyl groups is 1. The molecule has 2 atom stereocenters.